The molecule has 0 aliphatic carbocycles. The zero-order valence-electron chi connectivity index (χ0n) is 6.53. The van der Waals surface area contributed by atoms with Gasteiger partial charge in [0.15, 0.2) is 5.13 Å². The van der Waals surface area contributed by atoms with Crippen LogP contribution in [0.3, 0.4) is 0 Å². The molecule has 0 radical (unpaired) electrons. The number of nitrogens with zero attached hydrogens (tertiary/aromatic N) is 1. The summed E-state index contributed by atoms with van der Waals surface area (Å²) in [5, 5.41) is 13.2. The summed E-state index contributed by atoms with van der Waals surface area (Å²) >= 11 is 1.53. The van der Waals surface area contributed by atoms with Crippen LogP contribution in [0.1, 0.15) is 0 Å². The van der Waals surface area contributed by atoms with Crippen LogP contribution in [0.15, 0.2) is 18.2 Å². The van der Waals surface area contributed by atoms with E-state index in [-0.39, 0.29) is 5.75 Å². The molecule has 1 aromatic carbocycles. The maximum absolute atomic E-state index is 9.40. The molecule has 4 heteroatoms. The summed E-state index contributed by atoms with van der Waals surface area (Å²) in [5.41, 5.74) is 0.673. The molecule has 2 N–H and O–H groups in total. The second kappa shape index (κ2) is 2.64. The van der Waals surface area contributed by atoms with Crippen molar-refractivity contribution >= 4 is 26.7 Å². The van der Waals surface area contributed by atoms with Crippen molar-refractivity contribution in [3.05, 3.63) is 18.2 Å². The van der Waals surface area contributed by atoms with E-state index in [1.807, 2.05) is 19.2 Å². The first-order valence-electron chi connectivity index (χ1n) is 3.57. The van der Waals surface area contributed by atoms with Gasteiger partial charge in [-0.05, 0) is 12.1 Å². The highest BCUT2D eigenvalue weighted by Gasteiger charge is 2.04. The summed E-state index contributed by atoms with van der Waals surface area (Å²) in [7, 11) is 1.81. The molecule has 0 amide bonds. The third kappa shape index (κ3) is 1.00. The predicted octanol–water partition coefficient (Wildman–Crippen LogP) is 2.04. The maximum Gasteiger partial charge on any atom is 0.183 e. The normalized spacial score (nSPS) is 10.4. The summed E-state index contributed by atoms with van der Waals surface area (Å²) in [5.74, 6) is 0.241. The lowest BCUT2D eigenvalue weighted by molar-refractivity contribution is 0.480. The summed E-state index contributed by atoms with van der Waals surface area (Å²) < 4.78 is 0.999. The van der Waals surface area contributed by atoms with Gasteiger partial charge in [0, 0.05) is 7.05 Å². The van der Waals surface area contributed by atoms with Crippen molar-refractivity contribution in [2.75, 3.05) is 12.4 Å². The summed E-state index contributed by atoms with van der Waals surface area (Å²) in [6.45, 7) is 0. The molecule has 2 rings (SSSR count). The highest BCUT2D eigenvalue weighted by molar-refractivity contribution is 7.22. The SMILES string of the molecule is CNc1nc2c(O)cccc2s1. The molecule has 0 aliphatic rings. The lowest BCUT2D eigenvalue weighted by Crippen LogP contribution is -1.84. The molecule has 0 fully saturated rings. The zero-order chi connectivity index (χ0) is 8.55. The number of nitrogens with one attached hydrogen (secondary N) is 1. The predicted molar refractivity (Wildman–Crippen MR) is 50.8 cm³/mol. The maximum atomic E-state index is 9.40. The lowest BCUT2D eigenvalue weighted by Gasteiger charge is -1.89. The van der Waals surface area contributed by atoms with Crippen LogP contribution in [0.5, 0.6) is 5.75 Å². The Labute approximate surface area is 73.7 Å². The molecule has 1 aromatic heterocycles. The minimum Gasteiger partial charge on any atom is -0.506 e. The highest BCUT2D eigenvalue weighted by atomic mass is 32.1. The first kappa shape index (κ1) is 7.36. The molecule has 3 nitrogen and oxygen atoms in total. The topological polar surface area (TPSA) is 45.2 Å². The average Bonchev–Trinajstić information content (AvgIpc) is 2.49. The van der Waals surface area contributed by atoms with Gasteiger partial charge in [-0.2, -0.15) is 0 Å². The number of benzene rings is 1. The van der Waals surface area contributed by atoms with Gasteiger partial charge in [-0.1, -0.05) is 17.4 Å². The van der Waals surface area contributed by atoms with Crippen molar-refractivity contribution in [2.24, 2.45) is 0 Å². The minimum absolute atomic E-state index is 0.241. The first-order valence-corrected chi connectivity index (χ1v) is 4.39. The van der Waals surface area contributed by atoms with Gasteiger partial charge in [0.05, 0.1) is 4.70 Å². The van der Waals surface area contributed by atoms with Crippen molar-refractivity contribution in [1.29, 1.82) is 0 Å². The molecule has 0 bridgehead atoms. The zero-order valence-corrected chi connectivity index (χ0v) is 7.35. The number of aromatic nitrogens is 1. The van der Waals surface area contributed by atoms with Gasteiger partial charge in [-0.15, -0.1) is 0 Å². The van der Waals surface area contributed by atoms with E-state index < -0.39 is 0 Å². The van der Waals surface area contributed by atoms with Crippen LogP contribution >= 0.6 is 11.3 Å². The fourth-order valence-corrected chi connectivity index (χ4v) is 1.88. The average molecular weight is 180 g/mol. The third-order valence-electron chi connectivity index (χ3n) is 1.61. The number of rotatable bonds is 1. The van der Waals surface area contributed by atoms with E-state index in [1.165, 1.54) is 11.3 Å². The molecule has 0 spiro atoms. The van der Waals surface area contributed by atoms with Crippen LogP contribution < -0.4 is 5.32 Å². The summed E-state index contributed by atoms with van der Waals surface area (Å²) in [6.07, 6.45) is 0. The number of hydrogen-bond acceptors (Lipinski definition) is 4. The van der Waals surface area contributed by atoms with Crippen LogP contribution in [-0.2, 0) is 0 Å². The molecule has 62 valence electrons. The second-order valence-electron chi connectivity index (χ2n) is 2.39. The Hall–Kier alpha value is -1.29. The van der Waals surface area contributed by atoms with Crippen LogP contribution in [0.4, 0.5) is 5.13 Å². The van der Waals surface area contributed by atoms with Crippen molar-refractivity contribution in [3.63, 3.8) is 0 Å². The van der Waals surface area contributed by atoms with Gasteiger partial charge >= 0.3 is 0 Å². The Morgan fingerprint density at radius 1 is 1.50 bits per heavy atom. The van der Waals surface area contributed by atoms with E-state index >= 15 is 0 Å². The van der Waals surface area contributed by atoms with E-state index in [0.29, 0.717) is 5.52 Å². The van der Waals surface area contributed by atoms with Gasteiger partial charge < -0.3 is 10.4 Å². The molecule has 0 aliphatic heterocycles. The van der Waals surface area contributed by atoms with Crippen LogP contribution in [-0.4, -0.2) is 17.1 Å². The summed E-state index contributed by atoms with van der Waals surface area (Å²) in [4.78, 5) is 4.19. The van der Waals surface area contributed by atoms with E-state index in [0.717, 1.165) is 9.83 Å². The number of phenolic OH excluding ortho intramolecular Hbond substituents is 1. The third-order valence-corrected chi connectivity index (χ3v) is 2.65. The van der Waals surface area contributed by atoms with E-state index in [2.05, 4.69) is 10.3 Å². The molecule has 0 atom stereocenters. The van der Waals surface area contributed by atoms with Crippen molar-refractivity contribution in [1.82, 2.24) is 4.98 Å². The number of thiazole rings is 1. The molecular formula is C8H8N2OS. The Morgan fingerprint density at radius 2 is 2.33 bits per heavy atom. The minimum atomic E-state index is 0.241. The molecular weight excluding hydrogens is 172 g/mol. The fraction of sp³-hybridized carbons (Fsp3) is 0.125. The number of aromatic hydroxyl groups is 1. The molecule has 2 aromatic rings. The van der Waals surface area contributed by atoms with Gasteiger partial charge in [-0.25, -0.2) is 4.98 Å². The highest BCUT2D eigenvalue weighted by Crippen LogP contribution is 2.30. The molecule has 1 heterocycles. The van der Waals surface area contributed by atoms with Gasteiger partial charge in [0.1, 0.15) is 11.3 Å². The van der Waals surface area contributed by atoms with Crippen molar-refractivity contribution in [3.8, 4) is 5.75 Å². The smallest absolute Gasteiger partial charge is 0.183 e. The number of phenols is 1. The monoisotopic (exact) mass is 180 g/mol. The van der Waals surface area contributed by atoms with E-state index in [1.54, 1.807) is 6.07 Å². The van der Waals surface area contributed by atoms with Crippen molar-refractivity contribution < 1.29 is 5.11 Å². The summed E-state index contributed by atoms with van der Waals surface area (Å²) in [6, 6.07) is 5.39. The Balaban J connectivity index is 2.74. The number of fused-ring (bicyclic) bond motifs is 1. The standard InChI is InChI=1S/C8H8N2OS/c1-9-8-10-7-5(11)3-2-4-6(7)12-8/h2-4,11H,1H3,(H,9,10). The van der Waals surface area contributed by atoms with E-state index in [4.69, 9.17) is 0 Å². The molecule has 12 heavy (non-hydrogen) atoms. The number of hydrogen-bond donors (Lipinski definition) is 2. The van der Waals surface area contributed by atoms with Gasteiger partial charge in [-0.3, -0.25) is 0 Å². The molecule has 0 unspecified atom stereocenters. The second-order valence-corrected chi connectivity index (χ2v) is 3.42. The first-order chi connectivity index (χ1) is 5.81. The fourth-order valence-electron chi connectivity index (χ4n) is 1.04. The number of anilines is 1. The number of para-hydroxylation sites is 1. The Kier molecular flexibility index (Phi) is 1.62. The Morgan fingerprint density at radius 3 is 3.00 bits per heavy atom. The Bertz CT molecular complexity index is 410. The lowest BCUT2D eigenvalue weighted by atomic mass is 10.3. The largest absolute Gasteiger partial charge is 0.506 e. The van der Waals surface area contributed by atoms with Crippen LogP contribution in [0.25, 0.3) is 10.2 Å². The van der Waals surface area contributed by atoms with Crippen LogP contribution in [0.2, 0.25) is 0 Å². The van der Waals surface area contributed by atoms with Gasteiger partial charge in [0.2, 0.25) is 0 Å². The van der Waals surface area contributed by atoms with E-state index in [9.17, 15) is 5.11 Å². The quantitative estimate of drug-likeness (QED) is 0.706. The van der Waals surface area contributed by atoms with Crippen LogP contribution in [0, 0.1) is 0 Å². The van der Waals surface area contributed by atoms with Crippen molar-refractivity contribution in [2.45, 2.75) is 0 Å². The molecule has 0 saturated heterocycles. The molecule has 0 saturated carbocycles. The van der Waals surface area contributed by atoms with Gasteiger partial charge in [0.25, 0.3) is 0 Å².